The Morgan fingerprint density at radius 3 is 2.76 bits per heavy atom. The van der Waals surface area contributed by atoms with E-state index in [2.05, 4.69) is 14.6 Å². The molecule has 0 saturated carbocycles. The Morgan fingerprint density at radius 2 is 2.12 bits per heavy atom. The third-order valence-corrected chi connectivity index (χ3v) is 3.05. The van der Waals surface area contributed by atoms with Gasteiger partial charge in [0.25, 0.3) is 6.01 Å². The second-order valence-corrected chi connectivity index (χ2v) is 4.30. The first-order chi connectivity index (χ1) is 8.20. The van der Waals surface area contributed by atoms with Gasteiger partial charge in [0, 0.05) is 13.1 Å². The van der Waals surface area contributed by atoms with Crippen LogP contribution in [0.5, 0.6) is 0 Å². The topological polar surface area (TPSA) is 55.6 Å². The summed E-state index contributed by atoms with van der Waals surface area (Å²) in [5.41, 5.74) is 0.678. The van der Waals surface area contributed by atoms with Gasteiger partial charge in [-0.1, -0.05) is 0 Å². The lowest BCUT2D eigenvalue weighted by molar-refractivity contribution is -0.139. The van der Waals surface area contributed by atoms with Crippen molar-refractivity contribution >= 4 is 12.0 Å². The lowest BCUT2D eigenvalue weighted by Crippen LogP contribution is -2.29. The Hall–Kier alpha value is -1.52. The summed E-state index contributed by atoms with van der Waals surface area (Å²) < 4.78 is 10.2. The minimum Gasteiger partial charge on any atom is -0.469 e. The van der Waals surface area contributed by atoms with E-state index in [9.17, 15) is 4.79 Å². The number of rotatable bonds is 3. The number of oxazole rings is 1. The van der Waals surface area contributed by atoms with E-state index in [-0.39, 0.29) is 12.4 Å². The summed E-state index contributed by atoms with van der Waals surface area (Å²) in [4.78, 5) is 17.7. The number of esters is 1. The highest BCUT2D eigenvalue weighted by Gasteiger charge is 2.19. The maximum atomic E-state index is 11.2. The number of nitrogens with zero attached hydrogens (tertiary/aromatic N) is 2. The van der Waals surface area contributed by atoms with Crippen LogP contribution in [0.1, 0.15) is 30.7 Å². The first-order valence-corrected chi connectivity index (χ1v) is 5.99. The van der Waals surface area contributed by atoms with Crippen molar-refractivity contribution in [2.24, 2.45) is 0 Å². The molecule has 0 amide bonds. The molecule has 17 heavy (non-hydrogen) atoms. The van der Waals surface area contributed by atoms with Crippen LogP contribution in [-0.2, 0) is 16.0 Å². The van der Waals surface area contributed by atoms with Crippen LogP contribution >= 0.6 is 0 Å². The fourth-order valence-electron chi connectivity index (χ4n) is 2.01. The molecule has 5 nitrogen and oxygen atoms in total. The molecule has 0 bridgehead atoms. The molecule has 2 rings (SSSR count). The van der Waals surface area contributed by atoms with Gasteiger partial charge in [-0.3, -0.25) is 4.79 Å². The lowest BCUT2D eigenvalue weighted by Gasteiger charge is -2.24. The number of aromatic nitrogens is 1. The van der Waals surface area contributed by atoms with E-state index in [0.717, 1.165) is 13.1 Å². The number of hydrogen-bond donors (Lipinski definition) is 0. The largest absolute Gasteiger partial charge is 0.469 e. The molecule has 0 unspecified atom stereocenters. The van der Waals surface area contributed by atoms with Crippen LogP contribution in [0.25, 0.3) is 0 Å². The molecule has 2 heterocycles. The number of carbonyl (C=O) groups excluding carboxylic acids is 1. The van der Waals surface area contributed by atoms with Crippen LogP contribution in [0.3, 0.4) is 0 Å². The number of methoxy groups -OCH3 is 1. The summed E-state index contributed by atoms with van der Waals surface area (Å²) in [7, 11) is 1.38. The summed E-state index contributed by atoms with van der Waals surface area (Å²) in [6, 6.07) is 0.640. The molecule has 1 aromatic heterocycles. The maximum Gasteiger partial charge on any atom is 0.311 e. The van der Waals surface area contributed by atoms with Crippen molar-refractivity contribution in [3.8, 4) is 0 Å². The number of aryl methyl sites for hydroxylation is 1. The van der Waals surface area contributed by atoms with Gasteiger partial charge in [0.1, 0.15) is 5.76 Å². The van der Waals surface area contributed by atoms with Gasteiger partial charge in [0.2, 0.25) is 0 Å². The highest BCUT2D eigenvalue weighted by Crippen LogP contribution is 2.22. The Balaban J connectivity index is 2.09. The van der Waals surface area contributed by atoms with Crippen molar-refractivity contribution in [1.29, 1.82) is 0 Å². The van der Waals surface area contributed by atoms with Crippen LogP contribution in [0, 0.1) is 6.92 Å². The van der Waals surface area contributed by atoms with Crippen molar-refractivity contribution in [3.63, 3.8) is 0 Å². The summed E-state index contributed by atoms with van der Waals surface area (Å²) in [6.07, 6.45) is 3.80. The van der Waals surface area contributed by atoms with E-state index in [1.165, 1.54) is 26.4 Å². The quantitative estimate of drug-likeness (QED) is 0.750. The predicted octanol–water partition coefficient (Wildman–Crippen LogP) is 1.69. The second kappa shape index (κ2) is 5.21. The van der Waals surface area contributed by atoms with Crippen LogP contribution in [0.15, 0.2) is 4.42 Å². The lowest BCUT2D eigenvalue weighted by atomic mass is 10.1. The minimum atomic E-state index is -0.286. The van der Waals surface area contributed by atoms with Crippen LogP contribution in [-0.4, -0.2) is 31.2 Å². The highest BCUT2D eigenvalue weighted by molar-refractivity contribution is 5.72. The second-order valence-electron chi connectivity index (χ2n) is 4.30. The van der Waals surface area contributed by atoms with E-state index < -0.39 is 0 Å². The first kappa shape index (κ1) is 12.0. The van der Waals surface area contributed by atoms with Crippen molar-refractivity contribution < 1.29 is 13.9 Å². The van der Waals surface area contributed by atoms with Gasteiger partial charge >= 0.3 is 5.97 Å². The van der Waals surface area contributed by atoms with Crippen molar-refractivity contribution in [1.82, 2.24) is 4.98 Å². The number of carbonyl (C=O) groups is 1. The van der Waals surface area contributed by atoms with E-state index in [0.29, 0.717) is 17.5 Å². The molecule has 0 aliphatic carbocycles. The standard InChI is InChI=1S/C12H18N2O3/c1-9-10(8-11(15)16-2)13-12(17-9)14-6-4-3-5-7-14/h3-8H2,1-2H3. The van der Waals surface area contributed by atoms with Crippen LogP contribution < -0.4 is 4.90 Å². The smallest absolute Gasteiger partial charge is 0.311 e. The van der Waals surface area contributed by atoms with Gasteiger partial charge in [-0.05, 0) is 26.2 Å². The van der Waals surface area contributed by atoms with E-state index >= 15 is 0 Å². The Bertz CT molecular complexity index is 394. The zero-order chi connectivity index (χ0) is 12.3. The molecule has 0 spiro atoms. The molecule has 0 atom stereocenters. The number of anilines is 1. The predicted molar refractivity (Wildman–Crippen MR) is 63.0 cm³/mol. The first-order valence-electron chi connectivity index (χ1n) is 5.99. The highest BCUT2D eigenvalue weighted by atomic mass is 16.5. The van der Waals surface area contributed by atoms with E-state index in [1.807, 2.05) is 6.92 Å². The molecule has 1 aliphatic rings. The van der Waals surface area contributed by atoms with Gasteiger partial charge in [0.05, 0.1) is 19.2 Å². The Morgan fingerprint density at radius 1 is 1.41 bits per heavy atom. The molecular weight excluding hydrogens is 220 g/mol. The molecule has 0 aromatic carbocycles. The number of piperidine rings is 1. The summed E-state index contributed by atoms with van der Waals surface area (Å²) in [6.45, 7) is 3.80. The minimum absolute atomic E-state index is 0.180. The molecule has 5 heteroatoms. The molecule has 1 aromatic rings. The molecule has 1 saturated heterocycles. The summed E-state index contributed by atoms with van der Waals surface area (Å²) in [5.74, 6) is 0.419. The summed E-state index contributed by atoms with van der Waals surface area (Å²) in [5, 5.41) is 0. The van der Waals surface area contributed by atoms with Crippen molar-refractivity contribution in [2.45, 2.75) is 32.6 Å². The van der Waals surface area contributed by atoms with Crippen molar-refractivity contribution in [3.05, 3.63) is 11.5 Å². The summed E-state index contributed by atoms with van der Waals surface area (Å²) >= 11 is 0. The average molecular weight is 238 g/mol. The van der Waals surface area contributed by atoms with E-state index in [4.69, 9.17) is 4.42 Å². The fraction of sp³-hybridized carbons (Fsp3) is 0.667. The Labute approximate surface area is 101 Å². The molecule has 1 aliphatic heterocycles. The zero-order valence-corrected chi connectivity index (χ0v) is 10.4. The van der Waals surface area contributed by atoms with Gasteiger partial charge in [0.15, 0.2) is 0 Å². The maximum absolute atomic E-state index is 11.2. The zero-order valence-electron chi connectivity index (χ0n) is 10.4. The monoisotopic (exact) mass is 238 g/mol. The van der Waals surface area contributed by atoms with Crippen molar-refractivity contribution in [2.75, 3.05) is 25.1 Å². The molecule has 0 radical (unpaired) electrons. The third-order valence-electron chi connectivity index (χ3n) is 3.05. The number of hydrogen-bond acceptors (Lipinski definition) is 5. The van der Waals surface area contributed by atoms with Crippen LogP contribution in [0.2, 0.25) is 0 Å². The van der Waals surface area contributed by atoms with Gasteiger partial charge < -0.3 is 14.1 Å². The van der Waals surface area contributed by atoms with Crippen LogP contribution in [0.4, 0.5) is 6.01 Å². The van der Waals surface area contributed by atoms with Gasteiger partial charge in [-0.25, -0.2) is 0 Å². The van der Waals surface area contributed by atoms with E-state index in [1.54, 1.807) is 0 Å². The van der Waals surface area contributed by atoms with Gasteiger partial charge in [-0.15, -0.1) is 0 Å². The molecule has 94 valence electrons. The normalized spacial score (nSPS) is 16.0. The number of ether oxygens (including phenoxy) is 1. The molecule has 1 fully saturated rings. The fourth-order valence-corrected chi connectivity index (χ4v) is 2.01. The average Bonchev–Trinajstić information content (AvgIpc) is 2.72. The third kappa shape index (κ3) is 2.78. The SMILES string of the molecule is COC(=O)Cc1nc(N2CCCCC2)oc1C. The van der Waals surface area contributed by atoms with Gasteiger partial charge in [-0.2, -0.15) is 4.98 Å². The Kier molecular flexibility index (Phi) is 3.66. The molecule has 0 N–H and O–H groups in total. The molecular formula is C12H18N2O3.